The van der Waals surface area contributed by atoms with E-state index in [1.807, 2.05) is 26.1 Å². The van der Waals surface area contributed by atoms with E-state index in [0.717, 1.165) is 18.4 Å². The van der Waals surface area contributed by atoms with E-state index < -0.39 is 0 Å². The number of benzene rings is 1. The van der Waals surface area contributed by atoms with Crippen molar-refractivity contribution in [1.82, 2.24) is 9.88 Å². The molecule has 1 aliphatic carbocycles. The van der Waals surface area contributed by atoms with Gasteiger partial charge in [0.25, 0.3) is 5.91 Å². The maximum absolute atomic E-state index is 12.6. The lowest BCUT2D eigenvalue weighted by molar-refractivity contribution is 0.0949. The number of nitrogens with zero attached hydrogens (tertiary/aromatic N) is 1. The number of aromatic nitrogens is 1. The molecule has 0 spiro atoms. The third-order valence-corrected chi connectivity index (χ3v) is 3.63. The van der Waals surface area contributed by atoms with Crippen molar-refractivity contribution < 1.29 is 9.53 Å². The van der Waals surface area contributed by atoms with Gasteiger partial charge in [0.15, 0.2) is 0 Å². The fourth-order valence-electron chi connectivity index (χ4n) is 2.38. The molecule has 0 atom stereocenters. The SMILES string of the molecule is CCOc1ccc2c(c1)c(=O)c(C(=O)NC1CC1)cn2C. The van der Waals surface area contributed by atoms with Gasteiger partial charge in [-0.3, -0.25) is 9.59 Å². The maximum atomic E-state index is 12.6. The fourth-order valence-corrected chi connectivity index (χ4v) is 2.38. The lowest BCUT2D eigenvalue weighted by atomic mass is 10.1. The van der Waals surface area contributed by atoms with Crippen molar-refractivity contribution in [3.8, 4) is 5.75 Å². The molecule has 3 rings (SSSR count). The molecule has 0 unspecified atom stereocenters. The zero-order valence-electron chi connectivity index (χ0n) is 12.2. The smallest absolute Gasteiger partial charge is 0.256 e. The van der Waals surface area contributed by atoms with Gasteiger partial charge in [-0.15, -0.1) is 0 Å². The standard InChI is InChI=1S/C16H18N2O3/c1-3-21-11-6-7-14-12(8-11)15(19)13(9-18(14)2)16(20)17-10-4-5-10/h6-10H,3-5H2,1-2H3,(H,17,20). The molecule has 110 valence electrons. The van der Waals surface area contributed by atoms with Gasteiger partial charge < -0.3 is 14.6 Å². The molecule has 1 amide bonds. The topological polar surface area (TPSA) is 60.3 Å². The number of ether oxygens (including phenoxy) is 1. The molecule has 2 aromatic rings. The van der Waals surface area contributed by atoms with Crippen LogP contribution in [-0.4, -0.2) is 23.1 Å². The summed E-state index contributed by atoms with van der Waals surface area (Å²) in [4.78, 5) is 24.7. The molecule has 1 aromatic carbocycles. The second kappa shape index (κ2) is 5.24. The van der Waals surface area contributed by atoms with Gasteiger partial charge in [-0.1, -0.05) is 0 Å². The highest BCUT2D eigenvalue weighted by Crippen LogP contribution is 2.21. The molecular weight excluding hydrogens is 268 g/mol. The van der Waals surface area contributed by atoms with Crippen LogP contribution < -0.4 is 15.5 Å². The molecule has 0 aliphatic heterocycles. The van der Waals surface area contributed by atoms with Crippen LogP contribution in [0.4, 0.5) is 0 Å². The monoisotopic (exact) mass is 286 g/mol. The van der Waals surface area contributed by atoms with Gasteiger partial charge in [0.2, 0.25) is 5.43 Å². The maximum Gasteiger partial charge on any atom is 0.256 e. The first-order chi connectivity index (χ1) is 10.1. The van der Waals surface area contributed by atoms with Gasteiger partial charge in [0.1, 0.15) is 11.3 Å². The van der Waals surface area contributed by atoms with Crippen LogP contribution in [0.5, 0.6) is 5.75 Å². The van der Waals surface area contributed by atoms with Gasteiger partial charge in [-0.2, -0.15) is 0 Å². The number of pyridine rings is 1. The Morgan fingerprint density at radius 1 is 1.43 bits per heavy atom. The van der Waals surface area contributed by atoms with Crippen LogP contribution in [0.15, 0.2) is 29.2 Å². The number of aryl methyl sites for hydroxylation is 1. The fraction of sp³-hybridized carbons (Fsp3) is 0.375. The predicted molar refractivity (Wildman–Crippen MR) is 80.8 cm³/mol. The van der Waals surface area contributed by atoms with E-state index in [4.69, 9.17) is 4.74 Å². The van der Waals surface area contributed by atoms with Crippen LogP contribution in [-0.2, 0) is 7.05 Å². The van der Waals surface area contributed by atoms with E-state index in [1.165, 1.54) is 0 Å². The minimum absolute atomic E-state index is 0.186. The Morgan fingerprint density at radius 2 is 2.19 bits per heavy atom. The number of hydrogen-bond acceptors (Lipinski definition) is 3. The molecule has 1 fully saturated rings. The first-order valence-electron chi connectivity index (χ1n) is 7.17. The third kappa shape index (κ3) is 2.63. The summed E-state index contributed by atoms with van der Waals surface area (Å²) in [6, 6.07) is 5.60. The number of hydrogen-bond donors (Lipinski definition) is 1. The highest BCUT2D eigenvalue weighted by Gasteiger charge is 2.25. The van der Waals surface area contributed by atoms with Gasteiger partial charge >= 0.3 is 0 Å². The summed E-state index contributed by atoms with van der Waals surface area (Å²) in [6.45, 7) is 2.43. The van der Waals surface area contributed by atoms with Crippen molar-refractivity contribution in [2.45, 2.75) is 25.8 Å². The summed E-state index contributed by atoms with van der Waals surface area (Å²) < 4.78 is 7.23. The summed E-state index contributed by atoms with van der Waals surface area (Å²) in [5, 5.41) is 3.37. The highest BCUT2D eigenvalue weighted by atomic mass is 16.5. The van der Waals surface area contributed by atoms with Gasteiger partial charge in [-0.05, 0) is 38.0 Å². The molecule has 0 radical (unpaired) electrons. The molecule has 1 heterocycles. The van der Waals surface area contributed by atoms with Crippen molar-refractivity contribution in [2.24, 2.45) is 7.05 Å². The van der Waals surface area contributed by atoms with E-state index >= 15 is 0 Å². The van der Waals surface area contributed by atoms with Crippen molar-refractivity contribution in [3.05, 3.63) is 40.2 Å². The predicted octanol–water partition coefficient (Wildman–Crippen LogP) is 1.83. The van der Waals surface area contributed by atoms with Crippen molar-refractivity contribution in [1.29, 1.82) is 0 Å². The summed E-state index contributed by atoms with van der Waals surface area (Å²) in [5.41, 5.74) is 0.722. The van der Waals surface area contributed by atoms with E-state index in [0.29, 0.717) is 17.7 Å². The van der Waals surface area contributed by atoms with Crippen LogP contribution >= 0.6 is 0 Å². The van der Waals surface area contributed by atoms with E-state index in [9.17, 15) is 9.59 Å². The molecule has 1 aromatic heterocycles. The lowest BCUT2D eigenvalue weighted by Crippen LogP contribution is -2.31. The third-order valence-electron chi connectivity index (χ3n) is 3.63. The minimum Gasteiger partial charge on any atom is -0.494 e. The molecule has 1 saturated carbocycles. The normalized spacial score (nSPS) is 14.2. The Balaban J connectivity index is 2.10. The minimum atomic E-state index is -0.290. The number of nitrogens with one attached hydrogen (secondary N) is 1. The molecule has 5 nitrogen and oxygen atoms in total. The van der Waals surface area contributed by atoms with Gasteiger partial charge in [-0.25, -0.2) is 0 Å². The summed E-state index contributed by atoms with van der Waals surface area (Å²) in [6.07, 6.45) is 3.59. The molecule has 21 heavy (non-hydrogen) atoms. The molecule has 5 heteroatoms. The second-order valence-electron chi connectivity index (χ2n) is 5.34. The Kier molecular flexibility index (Phi) is 3.41. The first-order valence-corrected chi connectivity index (χ1v) is 7.17. The summed E-state index contributed by atoms with van der Waals surface area (Å²) in [7, 11) is 1.83. The van der Waals surface area contributed by atoms with Crippen LogP contribution in [0.25, 0.3) is 10.9 Å². The molecule has 1 N–H and O–H groups in total. The highest BCUT2D eigenvalue weighted by molar-refractivity contribution is 5.97. The molecular formula is C16H18N2O3. The lowest BCUT2D eigenvalue weighted by Gasteiger charge is -2.11. The van der Waals surface area contributed by atoms with Gasteiger partial charge in [0, 0.05) is 19.3 Å². The average molecular weight is 286 g/mol. The van der Waals surface area contributed by atoms with Crippen molar-refractivity contribution in [2.75, 3.05) is 6.61 Å². The second-order valence-corrected chi connectivity index (χ2v) is 5.34. The average Bonchev–Trinajstić information content (AvgIpc) is 3.27. The number of fused-ring (bicyclic) bond motifs is 1. The largest absolute Gasteiger partial charge is 0.494 e. The van der Waals surface area contributed by atoms with Crippen LogP contribution in [0.3, 0.4) is 0 Å². The number of carbonyl (C=O) groups is 1. The zero-order valence-corrected chi connectivity index (χ0v) is 12.2. The van der Waals surface area contributed by atoms with Crippen molar-refractivity contribution >= 4 is 16.8 Å². The molecule has 0 bridgehead atoms. The zero-order chi connectivity index (χ0) is 15.0. The van der Waals surface area contributed by atoms with Crippen LogP contribution in [0.1, 0.15) is 30.1 Å². The number of amides is 1. The van der Waals surface area contributed by atoms with Crippen molar-refractivity contribution in [3.63, 3.8) is 0 Å². The van der Waals surface area contributed by atoms with Gasteiger partial charge in [0.05, 0.1) is 17.5 Å². The Hall–Kier alpha value is -2.30. The number of carbonyl (C=O) groups excluding carboxylic acids is 1. The molecule has 1 aliphatic rings. The Bertz CT molecular complexity index is 760. The first kappa shape index (κ1) is 13.7. The Labute approximate surface area is 122 Å². The summed E-state index contributed by atoms with van der Waals surface area (Å²) in [5.74, 6) is 0.351. The summed E-state index contributed by atoms with van der Waals surface area (Å²) >= 11 is 0. The van der Waals surface area contributed by atoms with Crippen LogP contribution in [0.2, 0.25) is 0 Å². The molecule has 0 saturated heterocycles. The Morgan fingerprint density at radius 3 is 2.86 bits per heavy atom. The van der Waals surface area contributed by atoms with E-state index in [1.54, 1.807) is 16.8 Å². The number of rotatable bonds is 4. The van der Waals surface area contributed by atoms with E-state index in [-0.39, 0.29) is 22.9 Å². The van der Waals surface area contributed by atoms with E-state index in [2.05, 4.69) is 5.32 Å². The quantitative estimate of drug-likeness (QED) is 0.932. The van der Waals surface area contributed by atoms with Crippen LogP contribution in [0, 0.1) is 0 Å².